The molecule has 5 heteroatoms. The molecule has 0 saturated carbocycles. The van der Waals surface area contributed by atoms with Crippen molar-refractivity contribution in [1.29, 1.82) is 0 Å². The van der Waals surface area contributed by atoms with E-state index in [2.05, 4.69) is 0 Å². The van der Waals surface area contributed by atoms with E-state index in [4.69, 9.17) is 5.73 Å². The predicted molar refractivity (Wildman–Crippen MR) is 66.6 cm³/mol. The van der Waals surface area contributed by atoms with Crippen molar-refractivity contribution < 1.29 is 13.2 Å². The second kappa shape index (κ2) is 4.71. The van der Waals surface area contributed by atoms with Crippen LogP contribution in [-0.2, 0) is 0 Å². The van der Waals surface area contributed by atoms with Crippen LogP contribution in [0.4, 0.5) is 24.5 Å². The molecule has 1 aliphatic rings. The third kappa shape index (κ3) is 2.71. The van der Waals surface area contributed by atoms with Crippen molar-refractivity contribution in [1.82, 2.24) is 0 Å². The van der Waals surface area contributed by atoms with Crippen molar-refractivity contribution in [3.05, 3.63) is 23.8 Å². The van der Waals surface area contributed by atoms with Crippen LogP contribution in [0, 0.1) is 12.8 Å². The summed E-state index contributed by atoms with van der Waals surface area (Å²) in [7, 11) is 0. The fraction of sp³-hybridized carbons (Fsp3) is 0.538. The fourth-order valence-corrected chi connectivity index (χ4v) is 2.30. The van der Waals surface area contributed by atoms with Gasteiger partial charge in [-0.1, -0.05) is 6.07 Å². The average Bonchev–Trinajstić information content (AvgIpc) is 2.32. The summed E-state index contributed by atoms with van der Waals surface area (Å²) in [6, 6.07) is 5.44. The van der Waals surface area contributed by atoms with Crippen molar-refractivity contribution >= 4 is 11.4 Å². The molecule has 1 unspecified atom stereocenters. The normalized spacial score (nSPS) is 21.1. The molecule has 1 aromatic carbocycles. The lowest BCUT2D eigenvalue weighted by Crippen LogP contribution is -2.41. The van der Waals surface area contributed by atoms with Gasteiger partial charge in [-0.05, 0) is 37.5 Å². The Morgan fingerprint density at radius 1 is 1.33 bits per heavy atom. The number of hydrogen-bond acceptors (Lipinski definition) is 2. The van der Waals surface area contributed by atoms with Gasteiger partial charge in [0.15, 0.2) is 0 Å². The fourth-order valence-electron chi connectivity index (χ4n) is 2.30. The van der Waals surface area contributed by atoms with Gasteiger partial charge in [-0.15, -0.1) is 0 Å². The van der Waals surface area contributed by atoms with Gasteiger partial charge in [-0.3, -0.25) is 0 Å². The zero-order chi connectivity index (χ0) is 13.3. The number of piperidine rings is 1. The summed E-state index contributed by atoms with van der Waals surface area (Å²) in [6.45, 7) is 2.58. The monoisotopic (exact) mass is 258 g/mol. The lowest BCUT2D eigenvalue weighted by molar-refractivity contribution is -0.175. The minimum atomic E-state index is -4.10. The Morgan fingerprint density at radius 3 is 2.67 bits per heavy atom. The molecule has 1 fully saturated rings. The third-order valence-electron chi connectivity index (χ3n) is 3.51. The number of nitrogens with two attached hydrogens (primary N) is 1. The van der Waals surface area contributed by atoms with Crippen molar-refractivity contribution in [3.8, 4) is 0 Å². The van der Waals surface area contributed by atoms with Gasteiger partial charge in [0.05, 0.1) is 5.92 Å². The first-order valence-corrected chi connectivity index (χ1v) is 6.05. The number of nitrogen functional groups attached to an aromatic ring is 1. The Balaban J connectivity index is 2.15. The zero-order valence-corrected chi connectivity index (χ0v) is 10.3. The minimum Gasteiger partial charge on any atom is -0.398 e. The molecule has 2 nitrogen and oxygen atoms in total. The highest BCUT2D eigenvalue weighted by Crippen LogP contribution is 2.35. The van der Waals surface area contributed by atoms with Gasteiger partial charge in [-0.2, -0.15) is 13.2 Å². The van der Waals surface area contributed by atoms with Crippen molar-refractivity contribution in [2.75, 3.05) is 23.7 Å². The lowest BCUT2D eigenvalue weighted by atomic mass is 9.97. The Labute approximate surface area is 105 Å². The second-order valence-electron chi connectivity index (χ2n) is 4.87. The molecule has 1 aromatic rings. The van der Waals surface area contributed by atoms with Crippen LogP contribution in [0.1, 0.15) is 18.4 Å². The number of halogens is 3. The third-order valence-corrected chi connectivity index (χ3v) is 3.51. The van der Waals surface area contributed by atoms with E-state index in [9.17, 15) is 13.2 Å². The zero-order valence-electron chi connectivity index (χ0n) is 10.3. The molecular weight excluding hydrogens is 241 g/mol. The summed E-state index contributed by atoms with van der Waals surface area (Å²) in [6.07, 6.45) is -3.31. The number of alkyl halides is 3. The van der Waals surface area contributed by atoms with Crippen LogP contribution < -0.4 is 10.6 Å². The number of hydrogen-bond donors (Lipinski definition) is 1. The molecule has 1 atom stereocenters. The van der Waals surface area contributed by atoms with Crippen LogP contribution in [0.25, 0.3) is 0 Å². The summed E-state index contributed by atoms with van der Waals surface area (Å²) >= 11 is 0. The lowest BCUT2D eigenvalue weighted by Gasteiger charge is -2.35. The smallest absolute Gasteiger partial charge is 0.393 e. The van der Waals surface area contributed by atoms with E-state index in [1.807, 2.05) is 19.1 Å². The van der Waals surface area contributed by atoms with Crippen LogP contribution in [0.5, 0.6) is 0 Å². The molecule has 1 aliphatic heterocycles. The molecule has 1 saturated heterocycles. The van der Waals surface area contributed by atoms with Gasteiger partial charge in [0.2, 0.25) is 0 Å². The predicted octanol–water partition coefficient (Wildman–Crippen LogP) is 3.36. The molecule has 2 N–H and O–H groups in total. The number of aryl methyl sites for hydroxylation is 1. The van der Waals surface area contributed by atoms with E-state index >= 15 is 0 Å². The van der Waals surface area contributed by atoms with Gasteiger partial charge in [0.25, 0.3) is 0 Å². The second-order valence-corrected chi connectivity index (χ2v) is 4.87. The molecule has 2 rings (SSSR count). The molecule has 0 radical (unpaired) electrons. The van der Waals surface area contributed by atoms with Crippen molar-refractivity contribution in [2.24, 2.45) is 5.92 Å². The SMILES string of the molecule is Cc1ccc(N2CCCC(C(F)(F)F)C2)cc1N. The number of anilines is 2. The molecule has 0 bridgehead atoms. The van der Waals surface area contributed by atoms with Crippen LogP contribution >= 0.6 is 0 Å². The molecule has 0 aromatic heterocycles. The van der Waals surface area contributed by atoms with Gasteiger partial charge < -0.3 is 10.6 Å². The number of benzene rings is 1. The summed E-state index contributed by atoms with van der Waals surface area (Å²) < 4.78 is 38.2. The highest BCUT2D eigenvalue weighted by Gasteiger charge is 2.41. The van der Waals surface area contributed by atoms with E-state index in [0.717, 1.165) is 11.3 Å². The topological polar surface area (TPSA) is 29.3 Å². The van der Waals surface area contributed by atoms with Crippen molar-refractivity contribution in [3.63, 3.8) is 0 Å². The largest absolute Gasteiger partial charge is 0.398 e. The maximum Gasteiger partial charge on any atom is 0.393 e. The Kier molecular flexibility index (Phi) is 3.41. The number of rotatable bonds is 1. The molecule has 1 heterocycles. The number of nitrogens with zero attached hydrogens (tertiary/aromatic N) is 1. The van der Waals surface area contributed by atoms with Crippen LogP contribution in [-0.4, -0.2) is 19.3 Å². The molecule has 100 valence electrons. The maximum absolute atomic E-state index is 12.7. The van der Waals surface area contributed by atoms with Crippen LogP contribution in [0.2, 0.25) is 0 Å². The van der Waals surface area contributed by atoms with E-state index in [1.165, 1.54) is 0 Å². The van der Waals surface area contributed by atoms with Gasteiger partial charge in [-0.25, -0.2) is 0 Å². The molecule has 0 spiro atoms. The minimum absolute atomic E-state index is 0.0337. The van der Waals surface area contributed by atoms with Crippen LogP contribution in [0.15, 0.2) is 18.2 Å². The van der Waals surface area contributed by atoms with Crippen LogP contribution in [0.3, 0.4) is 0 Å². The Morgan fingerprint density at radius 2 is 2.06 bits per heavy atom. The van der Waals surface area contributed by atoms with E-state index in [1.54, 1.807) is 11.0 Å². The summed E-state index contributed by atoms with van der Waals surface area (Å²) in [5.74, 6) is -1.23. The average molecular weight is 258 g/mol. The molecule has 0 aliphatic carbocycles. The van der Waals surface area contributed by atoms with E-state index < -0.39 is 12.1 Å². The first-order valence-electron chi connectivity index (χ1n) is 6.05. The van der Waals surface area contributed by atoms with Gasteiger partial charge in [0, 0.05) is 24.5 Å². The highest BCUT2D eigenvalue weighted by atomic mass is 19.4. The first-order chi connectivity index (χ1) is 8.38. The summed E-state index contributed by atoms with van der Waals surface area (Å²) in [5.41, 5.74) is 8.16. The molecule has 0 amide bonds. The molecule has 18 heavy (non-hydrogen) atoms. The first kappa shape index (κ1) is 13.1. The highest BCUT2D eigenvalue weighted by molar-refractivity contribution is 5.59. The van der Waals surface area contributed by atoms with Gasteiger partial charge >= 0.3 is 6.18 Å². The summed E-state index contributed by atoms with van der Waals surface area (Å²) in [4.78, 5) is 1.78. The van der Waals surface area contributed by atoms with E-state index in [-0.39, 0.29) is 13.0 Å². The van der Waals surface area contributed by atoms with E-state index in [0.29, 0.717) is 18.7 Å². The summed E-state index contributed by atoms with van der Waals surface area (Å²) in [5, 5.41) is 0. The molecular formula is C13H17F3N2. The van der Waals surface area contributed by atoms with Crippen molar-refractivity contribution in [2.45, 2.75) is 25.9 Å². The quantitative estimate of drug-likeness (QED) is 0.783. The Hall–Kier alpha value is -1.39. The van der Waals surface area contributed by atoms with Gasteiger partial charge in [0.1, 0.15) is 0 Å². The Bertz CT molecular complexity index is 429. The standard InChI is InChI=1S/C13H17F3N2/c1-9-4-5-11(7-12(9)17)18-6-2-3-10(8-18)13(14,15)16/h4-5,7,10H,2-3,6,8,17H2,1H3. The maximum atomic E-state index is 12.7.